The van der Waals surface area contributed by atoms with Gasteiger partial charge in [-0.1, -0.05) is 26.8 Å². The monoisotopic (exact) mass is 462 g/mol. The van der Waals surface area contributed by atoms with Gasteiger partial charge >= 0.3 is 0 Å². The Morgan fingerprint density at radius 3 is 2.38 bits per heavy atom. The van der Waals surface area contributed by atoms with E-state index in [0.29, 0.717) is 11.5 Å². The van der Waals surface area contributed by atoms with Gasteiger partial charge in [-0.25, -0.2) is 4.39 Å². The van der Waals surface area contributed by atoms with Crippen LogP contribution in [0.4, 0.5) is 10.1 Å². The molecule has 32 heavy (non-hydrogen) atoms. The molecule has 2 aliphatic rings. The van der Waals surface area contributed by atoms with Gasteiger partial charge in [0.25, 0.3) is 5.69 Å². The van der Waals surface area contributed by atoms with Crippen LogP contribution in [0.2, 0.25) is 18.1 Å². The maximum atomic E-state index is 14.3. The van der Waals surface area contributed by atoms with E-state index in [1.165, 1.54) is 31.7 Å². The van der Waals surface area contributed by atoms with Gasteiger partial charge in [0.05, 0.1) is 11.0 Å². The van der Waals surface area contributed by atoms with E-state index >= 15 is 0 Å². The summed E-state index contributed by atoms with van der Waals surface area (Å²) in [6.45, 7) is 15.3. The van der Waals surface area contributed by atoms with Crippen molar-refractivity contribution in [3.05, 3.63) is 45.8 Å². The SMILES string of the molecule is CC(C)(C)[Si](C)(C)OC[C@H]1CC[C@H](CN2CC=C(c3ccc([N+](=O)[O-])cc3F)CC2)CC1. The van der Waals surface area contributed by atoms with Crippen LogP contribution in [0.15, 0.2) is 24.3 Å². The van der Waals surface area contributed by atoms with Crippen LogP contribution in [0.1, 0.15) is 58.4 Å². The second-order valence-corrected chi connectivity index (χ2v) is 15.9. The average Bonchev–Trinajstić information content (AvgIpc) is 2.73. The first kappa shape index (κ1) is 25.1. The van der Waals surface area contributed by atoms with Gasteiger partial charge in [0.1, 0.15) is 5.82 Å². The highest BCUT2D eigenvalue weighted by molar-refractivity contribution is 6.74. The van der Waals surface area contributed by atoms with Crippen molar-refractivity contribution in [1.82, 2.24) is 4.90 Å². The summed E-state index contributed by atoms with van der Waals surface area (Å²) in [5.41, 5.74) is 1.26. The minimum absolute atomic E-state index is 0.199. The molecule has 5 nitrogen and oxygen atoms in total. The Morgan fingerprint density at radius 2 is 1.84 bits per heavy atom. The van der Waals surface area contributed by atoms with Crippen molar-refractivity contribution in [1.29, 1.82) is 0 Å². The van der Waals surface area contributed by atoms with Gasteiger partial charge in [-0.3, -0.25) is 15.0 Å². The van der Waals surface area contributed by atoms with Gasteiger partial charge in [0, 0.05) is 37.9 Å². The molecule has 1 heterocycles. The smallest absolute Gasteiger partial charge is 0.272 e. The molecule has 7 heteroatoms. The summed E-state index contributed by atoms with van der Waals surface area (Å²) < 4.78 is 20.8. The van der Waals surface area contributed by atoms with Gasteiger partial charge in [-0.15, -0.1) is 0 Å². The van der Waals surface area contributed by atoms with Crippen molar-refractivity contribution in [2.24, 2.45) is 11.8 Å². The Labute approximate surface area is 193 Å². The Kier molecular flexibility index (Phi) is 7.94. The normalized spacial score (nSPS) is 23.1. The minimum Gasteiger partial charge on any atom is -0.417 e. The van der Waals surface area contributed by atoms with Gasteiger partial charge in [0.15, 0.2) is 8.32 Å². The minimum atomic E-state index is -1.66. The third-order valence-electron chi connectivity index (χ3n) is 7.77. The number of nitro benzene ring substituents is 1. The first-order valence-electron chi connectivity index (χ1n) is 12.0. The summed E-state index contributed by atoms with van der Waals surface area (Å²) in [5.74, 6) is 0.917. The Bertz CT molecular complexity index is 842. The van der Waals surface area contributed by atoms with E-state index < -0.39 is 19.1 Å². The molecule has 1 aliphatic heterocycles. The van der Waals surface area contributed by atoms with Gasteiger partial charge < -0.3 is 4.43 Å². The van der Waals surface area contributed by atoms with Crippen LogP contribution in [0.3, 0.4) is 0 Å². The summed E-state index contributed by atoms with van der Waals surface area (Å²) in [7, 11) is -1.66. The molecule has 0 spiro atoms. The number of halogens is 1. The number of hydrogen-bond acceptors (Lipinski definition) is 4. The fourth-order valence-electron chi connectivity index (χ4n) is 4.49. The number of hydrogen-bond donors (Lipinski definition) is 0. The zero-order valence-corrected chi connectivity index (χ0v) is 21.3. The molecule has 1 fully saturated rings. The largest absolute Gasteiger partial charge is 0.417 e. The lowest BCUT2D eigenvalue weighted by Crippen LogP contribution is -2.42. The quantitative estimate of drug-likeness (QED) is 0.258. The number of nitro groups is 1. The summed E-state index contributed by atoms with van der Waals surface area (Å²) in [5, 5.41) is 11.1. The highest BCUT2D eigenvalue weighted by Crippen LogP contribution is 2.38. The van der Waals surface area contributed by atoms with Crippen LogP contribution in [0, 0.1) is 27.8 Å². The van der Waals surface area contributed by atoms with Crippen LogP contribution in [0.25, 0.3) is 5.57 Å². The summed E-state index contributed by atoms with van der Waals surface area (Å²) in [6.07, 6.45) is 7.90. The molecule has 1 aromatic rings. The highest BCUT2D eigenvalue weighted by Gasteiger charge is 2.38. The second kappa shape index (κ2) is 10.1. The standard InChI is InChI=1S/C25H39FN2O3Si/c1-25(2,3)32(4,5)31-18-20-8-6-19(7-9-20)17-27-14-12-21(13-15-27)23-11-10-22(28(29)30)16-24(23)26/h10-12,16,19-20H,6-9,13-15,17-18H2,1-5H3/t19-,20-. The second-order valence-electron chi connectivity index (χ2n) is 11.1. The number of rotatable bonds is 7. The third-order valence-corrected chi connectivity index (χ3v) is 12.3. The van der Waals surface area contributed by atoms with Crippen LogP contribution in [0.5, 0.6) is 0 Å². The molecule has 0 aromatic heterocycles. The van der Waals surface area contributed by atoms with Crippen LogP contribution in [-0.2, 0) is 4.43 Å². The first-order valence-corrected chi connectivity index (χ1v) is 14.9. The van der Waals surface area contributed by atoms with E-state index in [9.17, 15) is 14.5 Å². The van der Waals surface area contributed by atoms with Crippen LogP contribution in [-0.4, -0.2) is 44.4 Å². The van der Waals surface area contributed by atoms with Gasteiger partial charge in [-0.2, -0.15) is 0 Å². The van der Waals surface area contributed by atoms with E-state index in [0.717, 1.165) is 50.2 Å². The molecule has 0 unspecified atom stereocenters. The van der Waals surface area contributed by atoms with Gasteiger partial charge in [-0.05, 0) is 73.7 Å². The van der Waals surface area contributed by atoms with Crippen molar-refractivity contribution in [3.8, 4) is 0 Å². The molecule has 1 saturated carbocycles. The highest BCUT2D eigenvalue weighted by atomic mass is 28.4. The fourth-order valence-corrected chi connectivity index (χ4v) is 5.57. The molecule has 0 bridgehead atoms. The molecule has 0 N–H and O–H groups in total. The lowest BCUT2D eigenvalue weighted by Gasteiger charge is -2.39. The van der Waals surface area contributed by atoms with Crippen molar-refractivity contribution in [2.75, 3.05) is 26.2 Å². The molecular formula is C25H39FN2O3Si. The van der Waals surface area contributed by atoms with E-state index in [1.54, 1.807) is 6.07 Å². The van der Waals surface area contributed by atoms with E-state index in [4.69, 9.17) is 4.43 Å². The zero-order chi connectivity index (χ0) is 23.5. The van der Waals surface area contributed by atoms with Crippen molar-refractivity contribution in [2.45, 2.75) is 71.0 Å². The maximum Gasteiger partial charge on any atom is 0.272 e. The molecule has 3 rings (SSSR count). The maximum absolute atomic E-state index is 14.3. The topological polar surface area (TPSA) is 55.6 Å². The predicted octanol–water partition coefficient (Wildman–Crippen LogP) is 6.65. The van der Waals surface area contributed by atoms with Crippen molar-refractivity contribution in [3.63, 3.8) is 0 Å². The Balaban J connectivity index is 1.44. The van der Waals surface area contributed by atoms with E-state index in [2.05, 4.69) is 44.8 Å². The molecule has 1 aliphatic carbocycles. The third kappa shape index (κ3) is 6.26. The number of non-ortho nitro benzene ring substituents is 1. The van der Waals surface area contributed by atoms with E-state index in [1.807, 2.05) is 0 Å². The average molecular weight is 463 g/mol. The van der Waals surface area contributed by atoms with E-state index in [-0.39, 0.29) is 10.7 Å². The lowest BCUT2D eigenvalue weighted by atomic mass is 9.82. The molecule has 0 amide bonds. The number of benzene rings is 1. The zero-order valence-electron chi connectivity index (χ0n) is 20.3. The number of nitrogens with zero attached hydrogens (tertiary/aromatic N) is 2. The Hall–Kier alpha value is -1.57. The summed E-state index contributed by atoms with van der Waals surface area (Å²) in [4.78, 5) is 12.7. The molecule has 178 valence electrons. The molecule has 1 aromatic carbocycles. The predicted molar refractivity (Wildman–Crippen MR) is 131 cm³/mol. The fraction of sp³-hybridized carbons (Fsp3) is 0.680. The first-order chi connectivity index (χ1) is 15.0. The van der Waals surface area contributed by atoms with Crippen molar-refractivity contribution < 1.29 is 13.7 Å². The molecular weight excluding hydrogens is 423 g/mol. The lowest BCUT2D eigenvalue weighted by molar-refractivity contribution is -0.385. The molecule has 0 saturated heterocycles. The Morgan fingerprint density at radius 1 is 1.19 bits per heavy atom. The van der Waals surface area contributed by atoms with Crippen LogP contribution >= 0.6 is 0 Å². The molecule has 0 atom stereocenters. The summed E-state index contributed by atoms with van der Waals surface area (Å²) in [6, 6.07) is 3.96. The summed E-state index contributed by atoms with van der Waals surface area (Å²) >= 11 is 0. The van der Waals surface area contributed by atoms with Gasteiger partial charge in [0.2, 0.25) is 0 Å². The van der Waals surface area contributed by atoms with Crippen molar-refractivity contribution >= 4 is 19.6 Å². The van der Waals surface area contributed by atoms with Crippen LogP contribution < -0.4 is 0 Å². The molecule has 0 radical (unpaired) electrons.